The number of amides is 2. The number of benzene rings is 2. The molecule has 0 aliphatic heterocycles. The van der Waals surface area contributed by atoms with Gasteiger partial charge in [0.1, 0.15) is 0 Å². The van der Waals surface area contributed by atoms with Gasteiger partial charge >= 0.3 is 6.18 Å². The predicted molar refractivity (Wildman–Crippen MR) is 134 cm³/mol. The summed E-state index contributed by atoms with van der Waals surface area (Å²) >= 11 is 0. The SMILES string of the molecule is Cc1c(C(=O)Nc2cccc(C(F)(F)F)c2)cc(-c2ccccc2)n1CCCN(C)C(=O)C1CCC1. The molecule has 190 valence electrons. The van der Waals surface area contributed by atoms with E-state index in [1.807, 2.05) is 48.9 Å². The third-order valence-electron chi connectivity index (χ3n) is 6.83. The summed E-state index contributed by atoms with van der Waals surface area (Å²) in [7, 11) is 1.83. The molecule has 1 saturated carbocycles. The molecular formula is C28H30F3N3O2. The van der Waals surface area contributed by atoms with Gasteiger partial charge in [-0.05, 0) is 56.0 Å². The molecule has 1 fully saturated rings. The average molecular weight is 498 g/mol. The Morgan fingerprint density at radius 2 is 1.78 bits per heavy atom. The van der Waals surface area contributed by atoms with Crippen molar-refractivity contribution in [3.63, 3.8) is 0 Å². The van der Waals surface area contributed by atoms with Crippen molar-refractivity contribution in [1.82, 2.24) is 9.47 Å². The second-order valence-electron chi connectivity index (χ2n) is 9.32. The Labute approximate surface area is 208 Å². The highest BCUT2D eigenvalue weighted by Gasteiger charge is 2.31. The Hall–Kier alpha value is -3.55. The molecule has 8 heteroatoms. The molecule has 0 saturated heterocycles. The molecule has 1 aliphatic carbocycles. The molecule has 1 aliphatic rings. The van der Waals surface area contributed by atoms with Crippen molar-refractivity contribution < 1.29 is 22.8 Å². The highest BCUT2D eigenvalue weighted by molar-refractivity contribution is 6.06. The third kappa shape index (κ3) is 5.64. The predicted octanol–water partition coefficient (Wildman–Crippen LogP) is 6.38. The van der Waals surface area contributed by atoms with Gasteiger partial charge in [-0.15, -0.1) is 0 Å². The number of hydrogen-bond donors (Lipinski definition) is 1. The molecule has 1 N–H and O–H groups in total. The summed E-state index contributed by atoms with van der Waals surface area (Å²) in [5, 5.41) is 2.61. The summed E-state index contributed by atoms with van der Waals surface area (Å²) in [6, 6.07) is 16.0. The quantitative estimate of drug-likeness (QED) is 0.393. The topological polar surface area (TPSA) is 54.3 Å². The van der Waals surface area contributed by atoms with Gasteiger partial charge in [0.15, 0.2) is 0 Å². The lowest BCUT2D eigenvalue weighted by atomic mass is 9.84. The lowest BCUT2D eigenvalue weighted by Crippen LogP contribution is -2.37. The van der Waals surface area contributed by atoms with E-state index in [0.29, 0.717) is 30.8 Å². The van der Waals surface area contributed by atoms with Crippen molar-refractivity contribution in [3.8, 4) is 11.3 Å². The largest absolute Gasteiger partial charge is 0.416 e. The average Bonchev–Trinajstić information content (AvgIpc) is 3.14. The van der Waals surface area contributed by atoms with Gasteiger partial charge in [0.05, 0.1) is 11.1 Å². The number of nitrogens with one attached hydrogen (secondary N) is 1. The minimum atomic E-state index is -4.49. The molecule has 0 spiro atoms. The molecule has 0 unspecified atom stereocenters. The van der Waals surface area contributed by atoms with E-state index in [2.05, 4.69) is 5.32 Å². The minimum Gasteiger partial charge on any atom is -0.345 e. The van der Waals surface area contributed by atoms with Crippen LogP contribution in [0.25, 0.3) is 11.3 Å². The summed E-state index contributed by atoms with van der Waals surface area (Å²) < 4.78 is 41.3. The monoisotopic (exact) mass is 497 g/mol. The Bertz CT molecular complexity index is 1230. The number of carbonyl (C=O) groups is 2. The lowest BCUT2D eigenvalue weighted by molar-refractivity contribution is -0.138. The first-order valence-electron chi connectivity index (χ1n) is 12.1. The Kier molecular flexibility index (Phi) is 7.52. The van der Waals surface area contributed by atoms with Crippen molar-refractivity contribution in [1.29, 1.82) is 0 Å². The van der Waals surface area contributed by atoms with Crippen LogP contribution in [0.15, 0.2) is 60.7 Å². The maximum absolute atomic E-state index is 13.1. The van der Waals surface area contributed by atoms with Crippen LogP contribution >= 0.6 is 0 Å². The molecule has 0 atom stereocenters. The fourth-order valence-electron chi connectivity index (χ4n) is 4.53. The first kappa shape index (κ1) is 25.5. The molecule has 0 radical (unpaired) electrons. The number of alkyl halides is 3. The van der Waals surface area contributed by atoms with Crippen LogP contribution in [-0.4, -0.2) is 34.9 Å². The van der Waals surface area contributed by atoms with Crippen LogP contribution in [-0.2, 0) is 17.5 Å². The molecule has 2 aromatic carbocycles. The van der Waals surface area contributed by atoms with Gasteiger partial charge < -0.3 is 14.8 Å². The standard InChI is InChI=1S/C28H30F3N3O2/c1-19-24(26(35)32-23-14-7-13-22(17-23)28(29,30)31)18-25(20-9-4-3-5-10-20)34(19)16-8-15-33(2)27(36)21-11-6-12-21/h3-5,7,9-10,13-14,17-18,21H,6,8,11-12,15-16H2,1-2H3,(H,32,35). The van der Waals surface area contributed by atoms with Crippen LogP contribution in [0.4, 0.5) is 18.9 Å². The van der Waals surface area contributed by atoms with E-state index in [1.165, 1.54) is 12.1 Å². The van der Waals surface area contributed by atoms with Crippen LogP contribution < -0.4 is 5.32 Å². The number of aromatic nitrogens is 1. The lowest BCUT2D eigenvalue weighted by Gasteiger charge is -2.29. The summed E-state index contributed by atoms with van der Waals surface area (Å²) in [6.07, 6.45) is -0.754. The minimum absolute atomic E-state index is 0.0827. The first-order chi connectivity index (χ1) is 17.1. The van der Waals surface area contributed by atoms with E-state index in [1.54, 1.807) is 11.0 Å². The van der Waals surface area contributed by atoms with Crippen molar-refractivity contribution in [3.05, 3.63) is 77.5 Å². The Morgan fingerprint density at radius 3 is 2.42 bits per heavy atom. The van der Waals surface area contributed by atoms with Gasteiger partial charge in [-0.25, -0.2) is 0 Å². The zero-order valence-electron chi connectivity index (χ0n) is 20.4. The Balaban J connectivity index is 1.54. The molecule has 4 rings (SSSR count). The maximum atomic E-state index is 13.1. The van der Waals surface area contributed by atoms with Gasteiger partial charge in [0.2, 0.25) is 5.91 Å². The van der Waals surface area contributed by atoms with E-state index in [9.17, 15) is 22.8 Å². The van der Waals surface area contributed by atoms with Crippen LogP contribution in [0.2, 0.25) is 0 Å². The zero-order chi connectivity index (χ0) is 25.9. The van der Waals surface area contributed by atoms with E-state index >= 15 is 0 Å². The number of halogens is 3. The van der Waals surface area contributed by atoms with Crippen molar-refractivity contribution in [2.45, 2.75) is 45.3 Å². The highest BCUT2D eigenvalue weighted by Crippen LogP contribution is 2.32. The van der Waals surface area contributed by atoms with E-state index in [4.69, 9.17) is 0 Å². The van der Waals surface area contributed by atoms with E-state index in [-0.39, 0.29) is 17.5 Å². The summed E-state index contributed by atoms with van der Waals surface area (Å²) in [5.41, 5.74) is 2.14. The van der Waals surface area contributed by atoms with Crippen molar-refractivity contribution in [2.75, 3.05) is 18.9 Å². The smallest absolute Gasteiger partial charge is 0.345 e. The van der Waals surface area contributed by atoms with Gasteiger partial charge in [0, 0.05) is 43.1 Å². The van der Waals surface area contributed by atoms with Gasteiger partial charge in [0.25, 0.3) is 5.91 Å². The second-order valence-corrected chi connectivity index (χ2v) is 9.32. The Morgan fingerprint density at radius 1 is 1.06 bits per heavy atom. The molecule has 1 aromatic heterocycles. The van der Waals surface area contributed by atoms with Crippen LogP contribution in [0.1, 0.15) is 47.3 Å². The zero-order valence-corrected chi connectivity index (χ0v) is 20.4. The van der Waals surface area contributed by atoms with E-state index in [0.717, 1.165) is 42.7 Å². The molecular weight excluding hydrogens is 467 g/mol. The highest BCUT2D eigenvalue weighted by atomic mass is 19.4. The molecule has 1 heterocycles. The van der Waals surface area contributed by atoms with Crippen molar-refractivity contribution in [2.24, 2.45) is 5.92 Å². The number of carbonyl (C=O) groups excluding carboxylic acids is 2. The van der Waals surface area contributed by atoms with Gasteiger partial charge in [-0.2, -0.15) is 13.2 Å². The first-order valence-corrected chi connectivity index (χ1v) is 12.1. The fraction of sp³-hybridized carbons (Fsp3) is 0.357. The summed E-state index contributed by atoms with van der Waals surface area (Å²) in [5.74, 6) is -0.135. The maximum Gasteiger partial charge on any atom is 0.416 e. The number of rotatable bonds is 8. The molecule has 5 nitrogen and oxygen atoms in total. The number of nitrogens with zero attached hydrogens (tertiary/aromatic N) is 2. The fourth-order valence-corrected chi connectivity index (χ4v) is 4.53. The normalized spacial score (nSPS) is 13.8. The van der Waals surface area contributed by atoms with Crippen LogP contribution in [0.5, 0.6) is 0 Å². The summed E-state index contributed by atoms with van der Waals surface area (Å²) in [4.78, 5) is 27.4. The third-order valence-corrected chi connectivity index (χ3v) is 6.83. The van der Waals surface area contributed by atoms with Crippen LogP contribution in [0, 0.1) is 12.8 Å². The molecule has 3 aromatic rings. The van der Waals surface area contributed by atoms with Crippen molar-refractivity contribution >= 4 is 17.5 Å². The molecule has 0 bridgehead atoms. The van der Waals surface area contributed by atoms with Gasteiger partial charge in [-0.1, -0.05) is 42.8 Å². The molecule has 36 heavy (non-hydrogen) atoms. The summed E-state index contributed by atoms with van der Waals surface area (Å²) in [6.45, 7) is 3.03. The molecule has 2 amide bonds. The number of hydrogen-bond acceptors (Lipinski definition) is 2. The number of anilines is 1. The van der Waals surface area contributed by atoms with Gasteiger partial charge in [-0.3, -0.25) is 9.59 Å². The van der Waals surface area contributed by atoms with E-state index < -0.39 is 17.6 Å². The van der Waals surface area contributed by atoms with Crippen LogP contribution in [0.3, 0.4) is 0 Å². The second kappa shape index (κ2) is 10.6.